The molecule has 33 heavy (non-hydrogen) atoms. The van der Waals surface area contributed by atoms with Crippen LogP contribution in [0.25, 0.3) is 0 Å². The molecule has 0 radical (unpaired) electrons. The Bertz CT molecular complexity index is 1170. The molecule has 8 nitrogen and oxygen atoms in total. The van der Waals surface area contributed by atoms with Crippen molar-refractivity contribution in [3.8, 4) is 5.75 Å². The number of amidine groups is 1. The number of ether oxygens (including phenoxy) is 1. The predicted molar refractivity (Wildman–Crippen MR) is 127 cm³/mol. The number of anilines is 1. The number of nitrogens with zero attached hydrogens (tertiary/aromatic N) is 3. The molecule has 170 valence electrons. The number of halogens is 1. The number of benzene rings is 2. The van der Waals surface area contributed by atoms with Gasteiger partial charge in [-0.15, -0.1) is 0 Å². The van der Waals surface area contributed by atoms with E-state index >= 15 is 0 Å². The Kier molecular flexibility index (Phi) is 5.54. The molecule has 0 bridgehead atoms. The molecule has 1 spiro atoms. The Labute approximate surface area is 199 Å². The normalized spacial score (nSPS) is 23.8. The molecule has 1 fully saturated rings. The summed E-state index contributed by atoms with van der Waals surface area (Å²) in [5.41, 5.74) is -0.0579. The van der Waals surface area contributed by atoms with Crippen molar-refractivity contribution in [2.24, 2.45) is 4.99 Å². The third kappa shape index (κ3) is 3.75. The summed E-state index contributed by atoms with van der Waals surface area (Å²) in [5, 5.41) is 3.90. The number of fused-ring (bicyclic) bond motifs is 2. The maximum atomic E-state index is 13.5. The molecule has 2 aromatic carbocycles. The largest absolute Gasteiger partial charge is 0.493 e. The van der Waals surface area contributed by atoms with Crippen LogP contribution >= 0.6 is 23.4 Å². The van der Waals surface area contributed by atoms with Crippen molar-refractivity contribution in [1.82, 2.24) is 10.2 Å². The number of thioether (sulfide) groups is 1. The first-order valence-electron chi connectivity index (χ1n) is 10.5. The van der Waals surface area contributed by atoms with Crippen LogP contribution in [0.15, 0.2) is 53.5 Å². The third-order valence-corrected chi connectivity index (χ3v) is 7.31. The smallest absolute Gasteiger partial charge is 0.325 e. The van der Waals surface area contributed by atoms with Gasteiger partial charge in [-0.3, -0.25) is 24.4 Å². The molecule has 2 atom stereocenters. The summed E-state index contributed by atoms with van der Waals surface area (Å²) in [6.45, 7) is 1.84. The minimum atomic E-state index is -1.23. The fraction of sp³-hybridized carbons (Fsp3) is 0.304. The van der Waals surface area contributed by atoms with Crippen LogP contribution in [0.2, 0.25) is 5.02 Å². The number of para-hydroxylation sites is 1. The van der Waals surface area contributed by atoms with Gasteiger partial charge in [-0.05, 0) is 37.3 Å². The fourth-order valence-corrected chi connectivity index (χ4v) is 5.43. The van der Waals surface area contributed by atoms with E-state index in [0.29, 0.717) is 33.6 Å². The molecule has 2 aromatic rings. The van der Waals surface area contributed by atoms with Crippen LogP contribution in [0.1, 0.15) is 18.9 Å². The maximum absolute atomic E-state index is 13.5. The van der Waals surface area contributed by atoms with Gasteiger partial charge in [0.25, 0.3) is 11.8 Å². The summed E-state index contributed by atoms with van der Waals surface area (Å²) >= 11 is 7.48. The van der Waals surface area contributed by atoms with Crippen molar-refractivity contribution < 1.29 is 19.1 Å². The second kappa shape index (κ2) is 8.39. The minimum Gasteiger partial charge on any atom is -0.493 e. The van der Waals surface area contributed by atoms with Crippen LogP contribution in [0, 0.1) is 0 Å². The third-order valence-electron chi connectivity index (χ3n) is 5.86. The highest BCUT2D eigenvalue weighted by molar-refractivity contribution is 8.14. The van der Waals surface area contributed by atoms with Gasteiger partial charge in [-0.2, -0.15) is 0 Å². The zero-order valence-electron chi connectivity index (χ0n) is 17.8. The van der Waals surface area contributed by atoms with Gasteiger partial charge in [0, 0.05) is 22.8 Å². The monoisotopic (exact) mass is 484 g/mol. The standard InChI is InChI=1S/C23H21ClN4O4S/c1-14-13-33-22(25-14)28(16-8-6-15(24)7-9-16)19(29)12-27-20(30)23(26-21(27)31)10-11-32-18-5-3-2-4-17(18)23/h2-9,14H,10-13H2,1H3,(H,26,31)/t14-,23+/m0/s1. The molecule has 3 heterocycles. The molecule has 0 aromatic heterocycles. The van der Waals surface area contributed by atoms with E-state index in [2.05, 4.69) is 10.3 Å². The molecule has 1 saturated heterocycles. The lowest BCUT2D eigenvalue weighted by Gasteiger charge is -2.33. The number of rotatable bonds is 3. The Hall–Kier alpha value is -3.04. The van der Waals surface area contributed by atoms with Gasteiger partial charge in [0.05, 0.1) is 18.3 Å². The number of hydrogen-bond acceptors (Lipinski definition) is 6. The summed E-state index contributed by atoms with van der Waals surface area (Å²) in [7, 11) is 0. The van der Waals surface area contributed by atoms with Crippen molar-refractivity contribution in [3.63, 3.8) is 0 Å². The predicted octanol–water partition coefficient (Wildman–Crippen LogP) is 3.39. The Morgan fingerprint density at radius 2 is 2.03 bits per heavy atom. The summed E-state index contributed by atoms with van der Waals surface area (Å²) in [6.07, 6.45) is 0.292. The molecule has 4 amide bonds. The Morgan fingerprint density at radius 1 is 1.27 bits per heavy atom. The van der Waals surface area contributed by atoms with Crippen molar-refractivity contribution in [1.29, 1.82) is 0 Å². The van der Waals surface area contributed by atoms with Crippen LogP contribution in [-0.2, 0) is 15.1 Å². The lowest BCUT2D eigenvalue weighted by Crippen LogP contribution is -2.48. The Balaban J connectivity index is 1.45. The molecular formula is C23H21ClN4O4S. The number of aliphatic imine (C=N–C) groups is 1. The summed E-state index contributed by atoms with van der Waals surface area (Å²) in [4.78, 5) is 46.9. The molecule has 3 aliphatic heterocycles. The van der Waals surface area contributed by atoms with Gasteiger partial charge in [-0.25, -0.2) is 4.79 Å². The van der Waals surface area contributed by atoms with Gasteiger partial charge in [-0.1, -0.05) is 41.6 Å². The van der Waals surface area contributed by atoms with Gasteiger partial charge < -0.3 is 10.1 Å². The molecule has 10 heteroatoms. The maximum Gasteiger partial charge on any atom is 0.325 e. The minimum absolute atomic E-state index is 0.0614. The van der Waals surface area contributed by atoms with Gasteiger partial charge in [0.1, 0.15) is 12.3 Å². The summed E-state index contributed by atoms with van der Waals surface area (Å²) in [5.74, 6) is 0.412. The van der Waals surface area contributed by atoms with Crippen LogP contribution in [-0.4, -0.2) is 52.9 Å². The van der Waals surface area contributed by atoms with Gasteiger partial charge in [0.2, 0.25) is 0 Å². The van der Waals surface area contributed by atoms with Crippen molar-refractivity contribution in [3.05, 3.63) is 59.1 Å². The van der Waals surface area contributed by atoms with E-state index in [9.17, 15) is 14.4 Å². The van der Waals surface area contributed by atoms with Crippen LogP contribution in [0.5, 0.6) is 5.75 Å². The van der Waals surface area contributed by atoms with E-state index in [-0.39, 0.29) is 12.6 Å². The number of imide groups is 1. The highest BCUT2D eigenvalue weighted by atomic mass is 35.5. The first kappa shape index (κ1) is 21.8. The van der Waals surface area contributed by atoms with E-state index in [1.165, 1.54) is 16.7 Å². The fourth-order valence-electron chi connectivity index (χ4n) is 4.25. The topological polar surface area (TPSA) is 91.3 Å². The Morgan fingerprint density at radius 3 is 2.76 bits per heavy atom. The van der Waals surface area contributed by atoms with Crippen LogP contribution in [0.3, 0.4) is 0 Å². The molecule has 1 N–H and O–H groups in total. The molecule has 0 unspecified atom stereocenters. The van der Waals surface area contributed by atoms with Crippen molar-refractivity contribution >= 4 is 52.1 Å². The second-order valence-electron chi connectivity index (χ2n) is 8.10. The first-order chi connectivity index (χ1) is 15.9. The summed E-state index contributed by atoms with van der Waals surface area (Å²) < 4.78 is 5.67. The number of amides is 4. The molecule has 0 saturated carbocycles. The van der Waals surface area contributed by atoms with Crippen molar-refractivity contribution in [2.45, 2.75) is 24.9 Å². The number of urea groups is 1. The second-order valence-corrected chi connectivity index (χ2v) is 9.52. The van der Waals surface area contributed by atoms with E-state index in [1.54, 1.807) is 42.5 Å². The number of hydrogen-bond donors (Lipinski definition) is 1. The summed E-state index contributed by atoms with van der Waals surface area (Å²) in [6, 6.07) is 13.4. The van der Waals surface area contributed by atoms with E-state index in [4.69, 9.17) is 16.3 Å². The average Bonchev–Trinajstić information content (AvgIpc) is 3.32. The number of carbonyl (C=O) groups is 3. The van der Waals surface area contributed by atoms with Crippen LogP contribution in [0.4, 0.5) is 10.5 Å². The van der Waals surface area contributed by atoms with Crippen molar-refractivity contribution in [2.75, 3.05) is 23.8 Å². The zero-order chi connectivity index (χ0) is 23.2. The highest BCUT2D eigenvalue weighted by Crippen LogP contribution is 2.41. The lowest BCUT2D eigenvalue weighted by atomic mass is 9.84. The molecular weight excluding hydrogens is 464 g/mol. The van der Waals surface area contributed by atoms with E-state index in [0.717, 1.165) is 10.7 Å². The lowest BCUT2D eigenvalue weighted by molar-refractivity contribution is -0.135. The first-order valence-corrected chi connectivity index (χ1v) is 11.9. The number of nitrogens with one attached hydrogen (secondary N) is 1. The highest BCUT2D eigenvalue weighted by Gasteiger charge is 2.55. The van der Waals surface area contributed by atoms with Gasteiger partial charge in [0.15, 0.2) is 10.7 Å². The SMILES string of the molecule is C[C@H]1CSC(N(C(=O)CN2C(=O)N[C@@]3(CCOc4ccccc43)C2=O)c2ccc(Cl)cc2)=N1. The molecule has 5 rings (SSSR count). The number of carbonyl (C=O) groups excluding carboxylic acids is 3. The quantitative estimate of drug-likeness (QED) is 0.674. The average molecular weight is 485 g/mol. The molecule has 0 aliphatic carbocycles. The van der Waals surface area contributed by atoms with E-state index < -0.39 is 29.9 Å². The molecule has 3 aliphatic rings. The zero-order valence-corrected chi connectivity index (χ0v) is 19.4. The van der Waals surface area contributed by atoms with Gasteiger partial charge >= 0.3 is 6.03 Å². The van der Waals surface area contributed by atoms with E-state index in [1.807, 2.05) is 13.0 Å². The van der Waals surface area contributed by atoms with Crippen LogP contribution < -0.4 is 15.0 Å².